The summed E-state index contributed by atoms with van der Waals surface area (Å²) in [5.41, 5.74) is 1.08. The monoisotopic (exact) mass is 391 g/mol. The minimum absolute atomic E-state index is 0.0899. The third-order valence-corrected chi connectivity index (χ3v) is 5.01. The molecule has 0 unspecified atom stereocenters. The molecule has 9 heteroatoms. The van der Waals surface area contributed by atoms with Crippen LogP contribution < -0.4 is 9.64 Å². The van der Waals surface area contributed by atoms with E-state index in [0.29, 0.717) is 30.2 Å². The molecule has 2 aliphatic heterocycles. The normalized spacial score (nSPS) is 24.5. The van der Waals surface area contributed by atoms with E-state index >= 15 is 0 Å². The van der Waals surface area contributed by atoms with Gasteiger partial charge in [0.15, 0.2) is 6.20 Å². The molecule has 0 amide bonds. The lowest BCUT2D eigenvalue weighted by molar-refractivity contribution is -0.389. The number of benzene rings is 1. The smallest absolute Gasteiger partial charge is 0.363 e. The highest BCUT2D eigenvalue weighted by Crippen LogP contribution is 2.41. The van der Waals surface area contributed by atoms with Crippen LogP contribution in [0.2, 0.25) is 0 Å². The number of nitro groups is 1. The molecule has 7 nitrogen and oxygen atoms in total. The van der Waals surface area contributed by atoms with E-state index in [1.165, 1.54) is 30.5 Å². The molecule has 0 saturated carbocycles. The summed E-state index contributed by atoms with van der Waals surface area (Å²) in [6.45, 7) is 1.16. The maximum absolute atomic E-state index is 14.3. The van der Waals surface area contributed by atoms with Crippen LogP contribution in [0.25, 0.3) is 0 Å². The number of pyridine rings is 1. The van der Waals surface area contributed by atoms with Crippen molar-refractivity contribution >= 4 is 11.5 Å². The topological polar surface area (TPSA) is 77.7 Å². The zero-order valence-electron chi connectivity index (χ0n) is 15.0. The SMILES string of the molecule is O=[N+]([O-])c1ccc(N2C[C@@H](F)C[C@@H]2c2cc(F)ccc2O[C@@H]2CCOC2)cn1. The second-order valence-electron chi connectivity index (χ2n) is 6.92. The number of rotatable bonds is 5. The molecule has 28 heavy (non-hydrogen) atoms. The van der Waals surface area contributed by atoms with E-state index in [-0.39, 0.29) is 24.9 Å². The largest absolute Gasteiger partial charge is 0.488 e. The lowest BCUT2D eigenvalue weighted by Gasteiger charge is -2.28. The van der Waals surface area contributed by atoms with Gasteiger partial charge in [-0.25, -0.2) is 8.78 Å². The Morgan fingerprint density at radius 2 is 2.18 bits per heavy atom. The Kier molecular flexibility index (Phi) is 5.08. The Morgan fingerprint density at radius 1 is 1.32 bits per heavy atom. The summed E-state index contributed by atoms with van der Waals surface area (Å²) < 4.78 is 39.6. The summed E-state index contributed by atoms with van der Waals surface area (Å²) >= 11 is 0. The maximum atomic E-state index is 14.3. The first-order chi connectivity index (χ1) is 13.5. The molecule has 148 valence electrons. The van der Waals surface area contributed by atoms with Crippen LogP contribution in [0.3, 0.4) is 0 Å². The van der Waals surface area contributed by atoms with Gasteiger partial charge in [-0.15, -0.1) is 0 Å². The first kappa shape index (κ1) is 18.5. The van der Waals surface area contributed by atoms with Gasteiger partial charge in [0.05, 0.1) is 31.5 Å². The highest BCUT2D eigenvalue weighted by molar-refractivity contribution is 5.53. The lowest BCUT2D eigenvalue weighted by atomic mass is 10.0. The molecule has 4 rings (SSSR count). The molecule has 1 aromatic carbocycles. The molecule has 0 bridgehead atoms. The minimum Gasteiger partial charge on any atom is -0.488 e. The predicted octanol–water partition coefficient (Wildman–Crippen LogP) is 3.59. The molecule has 3 atom stereocenters. The van der Waals surface area contributed by atoms with Crippen molar-refractivity contribution in [2.75, 3.05) is 24.7 Å². The van der Waals surface area contributed by atoms with Crippen molar-refractivity contribution in [2.24, 2.45) is 0 Å². The summed E-state index contributed by atoms with van der Waals surface area (Å²) in [7, 11) is 0. The van der Waals surface area contributed by atoms with Crippen molar-refractivity contribution in [1.29, 1.82) is 0 Å². The summed E-state index contributed by atoms with van der Waals surface area (Å²) in [6, 6.07) is 6.57. The van der Waals surface area contributed by atoms with Crippen molar-refractivity contribution in [3.8, 4) is 5.75 Å². The van der Waals surface area contributed by atoms with Crippen molar-refractivity contribution in [3.05, 3.63) is 58.0 Å². The van der Waals surface area contributed by atoms with E-state index in [9.17, 15) is 18.9 Å². The van der Waals surface area contributed by atoms with Gasteiger partial charge in [-0.2, -0.15) is 0 Å². The number of aromatic nitrogens is 1. The lowest BCUT2D eigenvalue weighted by Crippen LogP contribution is -2.25. The van der Waals surface area contributed by atoms with E-state index in [1.807, 2.05) is 0 Å². The number of anilines is 1. The maximum Gasteiger partial charge on any atom is 0.363 e. The summed E-state index contributed by atoms with van der Waals surface area (Å²) in [5.74, 6) is -0.225. The van der Waals surface area contributed by atoms with Crippen LogP contribution in [0.4, 0.5) is 20.3 Å². The van der Waals surface area contributed by atoms with Crippen LogP contribution in [-0.2, 0) is 4.74 Å². The van der Waals surface area contributed by atoms with Gasteiger partial charge in [0.25, 0.3) is 0 Å². The van der Waals surface area contributed by atoms with Gasteiger partial charge in [-0.05, 0) is 34.2 Å². The van der Waals surface area contributed by atoms with Gasteiger partial charge in [-0.3, -0.25) is 0 Å². The van der Waals surface area contributed by atoms with Crippen molar-refractivity contribution in [2.45, 2.75) is 31.2 Å². The van der Waals surface area contributed by atoms with Crippen molar-refractivity contribution < 1.29 is 23.2 Å². The van der Waals surface area contributed by atoms with Crippen LogP contribution in [0.1, 0.15) is 24.4 Å². The van der Waals surface area contributed by atoms with Crippen LogP contribution in [0.15, 0.2) is 36.5 Å². The number of hydrogen-bond acceptors (Lipinski definition) is 6. The molecule has 3 heterocycles. The van der Waals surface area contributed by atoms with Crippen LogP contribution in [0.5, 0.6) is 5.75 Å². The Morgan fingerprint density at radius 3 is 2.86 bits per heavy atom. The van der Waals surface area contributed by atoms with Gasteiger partial charge in [0.1, 0.15) is 23.8 Å². The van der Waals surface area contributed by atoms with Crippen molar-refractivity contribution in [3.63, 3.8) is 0 Å². The van der Waals surface area contributed by atoms with Gasteiger partial charge >= 0.3 is 5.82 Å². The standard InChI is InChI=1S/C19H19F2N3O4/c20-12-1-3-18(28-15-5-6-27-11-15)16(7-12)17-8-13(21)10-23(17)14-2-4-19(22-9-14)24(25)26/h1-4,7,9,13,15,17H,5-6,8,10-11H2/t13-,15+,17+/m0/s1. The molecule has 2 aromatic rings. The Bertz CT molecular complexity index is 859. The third-order valence-electron chi connectivity index (χ3n) is 5.01. The molecular formula is C19H19F2N3O4. The average molecular weight is 391 g/mol. The number of nitrogens with zero attached hydrogens (tertiary/aromatic N) is 3. The fourth-order valence-corrected chi connectivity index (χ4v) is 3.69. The quantitative estimate of drug-likeness (QED) is 0.573. The second kappa shape index (κ2) is 7.67. The van der Waals surface area contributed by atoms with Crippen LogP contribution >= 0.6 is 0 Å². The average Bonchev–Trinajstić information content (AvgIpc) is 3.33. The van der Waals surface area contributed by atoms with Gasteiger partial charge in [-0.1, -0.05) is 0 Å². The molecule has 2 saturated heterocycles. The predicted molar refractivity (Wildman–Crippen MR) is 96.7 cm³/mol. The Hall–Kier alpha value is -2.81. The molecule has 1 aromatic heterocycles. The first-order valence-corrected chi connectivity index (χ1v) is 9.06. The second-order valence-corrected chi connectivity index (χ2v) is 6.92. The van der Waals surface area contributed by atoms with Gasteiger partial charge < -0.3 is 24.5 Å². The zero-order valence-corrected chi connectivity index (χ0v) is 15.0. The van der Waals surface area contributed by atoms with E-state index in [4.69, 9.17) is 9.47 Å². The van der Waals surface area contributed by atoms with E-state index in [1.54, 1.807) is 11.0 Å². The zero-order chi connectivity index (χ0) is 19.7. The van der Waals surface area contributed by atoms with Gasteiger partial charge in [0, 0.05) is 24.5 Å². The van der Waals surface area contributed by atoms with E-state index < -0.39 is 23.0 Å². The van der Waals surface area contributed by atoms with E-state index in [2.05, 4.69) is 4.98 Å². The molecule has 0 aliphatic carbocycles. The summed E-state index contributed by atoms with van der Waals surface area (Å²) in [6.07, 6.45) is 1.00. The van der Waals surface area contributed by atoms with Gasteiger partial charge in [0.2, 0.25) is 0 Å². The molecule has 2 fully saturated rings. The molecule has 2 aliphatic rings. The number of halogens is 2. The number of alkyl halides is 1. The fraction of sp³-hybridized carbons (Fsp3) is 0.421. The Labute approximate surface area is 160 Å². The van der Waals surface area contributed by atoms with E-state index in [0.717, 1.165) is 6.42 Å². The van der Waals surface area contributed by atoms with Crippen molar-refractivity contribution in [1.82, 2.24) is 4.98 Å². The molecular weight excluding hydrogens is 372 g/mol. The Balaban J connectivity index is 1.66. The highest BCUT2D eigenvalue weighted by atomic mass is 19.1. The highest BCUT2D eigenvalue weighted by Gasteiger charge is 2.36. The summed E-state index contributed by atoms with van der Waals surface area (Å²) in [4.78, 5) is 15.8. The molecule has 0 radical (unpaired) electrons. The van der Waals surface area contributed by atoms with Crippen LogP contribution in [0, 0.1) is 15.9 Å². The third kappa shape index (κ3) is 3.75. The minimum atomic E-state index is -1.12. The number of ether oxygens (including phenoxy) is 2. The molecule has 0 N–H and O–H groups in total. The number of hydrogen-bond donors (Lipinski definition) is 0. The summed E-state index contributed by atoms with van der Waals surface area (Å²) in [5, 5.41) is 10.8. The first-order valence-electron chi connectivity index (χ1n) is 9.06. The fourth-order valence-electron chi connectivity index (χ4n) is 3.69. The molecule has 0 spiro atoms. The van der Waals surface area contributed by atoms with Crippen LogP contribution in [-0.4, -0.2) is 41.9 Å².